The van der Waals surface area contributed by atoms with Crippen molar-refractivity contribution >= 4 is 32.7 Å². The molecular formula is C24H28BrN3O. The molecule has 0 saturated carbocycles. The zero-order valence-electron chi connectivity index (χ0n) is 16.6. The van der Waals surface area contributed by atoms with Crippen molar-refractivity contribution < 1.29 is 0 Å². The fourth-order valence-corrected chi connectivity index (χ4v) is 4.58. The number of aryl methyl sites for hydroxylation is 1. The van der Waals surface area contributed by atoms with Crippen molar-refractivity contribution in [3.63, 3.8) is 0 Å². The molecule has 3 aromatic rings. The highest BCUT2D eigenvalue weighted by atomic mass is 79.9. The highest BCUT2D eigenvalue weighted by Gasteiger charge is 2.17. The number of para-hydroxylation sites is 1. The summed E-state index contributed by atoms with van der Waals surface area (Å²) in [5.74, 6) is 0.786. The fraction of sp³-hybridized carbons (Fsp3) is 0.375. The van der Waals surface area contributed by atoms with Gasteiger partial charge < -0.3 is 15.6 Å². The molecule has 1 heterocycles. The van der Waals surface area contributed by atoms with Crippen LogP contribution in [0.4, 0.5) is 5.82 Å². The number of nitrogens with one attached hydrogen (secondary N) is 3. The lowest BCUT2D eigenvalue weighted by atomic mass is 9.90. The summed E-state index contributed by atoms with van der Waals surface area (Å²) in [6.07, 6.45) is 7.24. The third-order valence-electron chi connectivity index (χ3n) is 5.72. The van der Waals surface area contributed by atoms with Gasteiger partial charge in [0.15, 0.2) is 5.43 Å². The summed E-state index contributed by atoms with van der Waals surface area (Å²) in [6.45, 7) is 1.76. The second-order valence-corrected chi connectivity index (χ2v) is 8.74. The molecule has 0 saturated heterocycles. The molecule has 4 rings (SSSR count). The Morgan fingerprint density at radius 3 is 2.86 bits per heavy atom. The third-order valence-corrected chi connectivity index (χ3v) is 6.21. The van der Waals surface area contributed by atoms with E-state index >= 15 is 0 Å². The molecule has 5 heteroatoms. The first-order chi connectivity index (χ1) is 14.2. The molecule has 1 aliphatic carbocycles. The number of hydrogen-bond donors (Lipinski definition) is 3. The minimum absolute atomic E-state index is 0.0525. The Kier molecular flexibility index (Phi) is 6.67. The molecule has 1 aliphatic rings. The Bertz CT molecular complexity index is 1030. The number of benzene rings is 2. The van der Waals surface area contributed by atoms with Crippen molar-refractivity contribution in [2.45, 2.75) is 44.6 Å². The average molecular weight is 454 g/mol. The van der Waals surface area contributed by atoms with Gasteiger partial charge in [0.1, 0.15) is 5.82 Å². The van der Waals surface area contributed by atoms with Crippen molar-refractivity contribution in [2.75, 3.05) is 18.4 Å². The first-order valence-electron chi connectivity index (χ1n) is 10.6. The number of anilines is 1. The Morgan fingerprint density at radius 1 is 1.03 bits per heavy atom. The number of rotatable bonds is 6. The van der Waals surface area contributed by atoms with Gasteiger partial charge in [0.05, 0.1) is 5.52 Å². The molecule has 0 radical (unpaired) electrons. The lowest BCUT2D eigenvalue weighted by molar-refractivity contribution is 0.455. The molecule has 0 fully saturated rings. The van der Waals surface area contributed by atoms with Gasteiger partial charge in [-0.3, -0.25) is 4.79 Å². The van der Waals surface area contributed by atoms with Gasteiger partial charge in [-0.2, -0.15) is 0 Å². The van der Waals surface area contributed by atoms with Crippen LogP contribution >= 0.6 is 15.9 Å². The van der Waals surface area contributed by atoms with E-state index in [-0.39, 0.29) is 5.43 Å². The molecule has 0 spiro atoms. The first-order valence-corrected chi connectivity index (χ1v) is 11.4. The van der Waals surface area contributed by atoms with Crippen molar-refractivity contribution in [1.82, 2.24) is 10.3 Å². The zero-order chi connectivity index (χ0) is 20.1. The van der Waals surface area contributed by atoms with Crippen molar-refractivity contribution in [3.8, 4) is 0 Å². The summed E-state index contributed by atoms with van der Waals surface area (Å²) in [4.78, 5) is 15.5. The van der Waals surface area contributed by atoms with E-state index in [1.165, 1.54) is 43.2 Å². The van der Waals surface area contributed by atoms with Gasteiger partial charge >= 0.3 is 0 Å². The topological polar surface area (TPSA) is 56.9 Å². The number of halogens is 1. The van der Waals surface area contributed by atoms with E-state index in [9.17, 15) is 4.79 Å². The van der Waals surface area contributed by atoms with Crippen LogP contribution in [0.25, 0.3) is 10.9 Å². The number of pyridine rings is 1. The Labute approximate surface area is 180 Å². The SMILES string of the molecule is O=c1cc(NCCCNC2CCCCCc3ccc(Br)cc32)[nH]c2ccccc12. The molecule has 0 aliphatic heterocycles. The standard InChI is InChI=1S/C24H28BrN3O/c25-18-12-11-17-7-2-1-3-9-21(20(17)15-18)26-13-6-14-27-24-16-23(29)19-8-4-5-10-22(19)28-24/h4-5,8,10-12,15-16,21,26H,1-3,6-7,9,13-14H2,(H2,27,28,29). The fourth-order valence-electron chi connectivity index (χ4n) is 4.21. The molecule has 3 N–H and O–H groups in total. The maximum absolute atomic E-state index is 12.2. The third kappa shape index (κ3) is 5.09. The van der Waals surface area contributed by atoms with Gasteiger partial charge in [0.2, 0.25) is 0 Å². The molecule has 152 valence electrons. The summed E-state index contributed by atoms with van der Waals surface area (Å²) >= 11 is 3.64. The van der Waals surface area contributed by atoms with Gasteiger partial charge in [0.25, 0.3) is 0 Å². The zero-order valence-corrected chi connectivity index (χ0v) is 18.2. The summed E-state index contributed by atoms with van der Waals surface area (Å²) in [5, 5.41) is 7.86. The minimum atomic E-state index is 0.0525. The molecule has 0 amide bonds. The second-order valence-electron chi connectivity index (χ2n) is 7.82. The van der Waals surface area contributed by atoms with E-state index in [2.05, 4.69) is 49.7 Å². The normalized spacial score (nSPS) is 16.8. The van der Waals surface area contributed by atoms with Gasteiger partial charge in [-0.25, -0.2) is 0 Å². The minimum Gasteiger partial charge on any atom is -0.371 e. The lowest BCUT2D eigenvalue weighted by Gasteiger charge is -2.25. The van der Waals surface area contributed by atoms with Crippen LogP contribution in [-0.4, -0.2) is 18.1 Å². The first kappa shape index (κ1) is 20.2. The Balaban J connectivity index is 1.33. The molecule has 2 aromatic carbocycles. The smallest absolute Gasteiger partial charge is 0.191 e. The maximum atomic E-state index is 12.2. The average Bonchev–Trinajstić information content (AvgIpc) is 2.71. The molecule has 4 nitrogen and oxygen atoms in total. The van der Waals surface area contributed by atoms with Crippen molar-refractivity contribution in [3.05, 3.63) is 74.4 Å². The van der Waals surface area contributed by atoms with Gasteiger partial charge in [-0.05, 0) is 67.6 Å². The number of hydrogen-bond acceptors (Lipinski definition) is 3. The molecule has 1 atom stereocenters. The molecule has 0 bridgehead atoms. The van der Waals surface area contributed by atoms with E-state index in [1.54, 1.807) is 6.07 Å². The summed E-state index contributed by atoms with van der Waals surface area (Å²) in [5.41, 5.74) is 3.86. The van der Waals surface area contributed by atoms with E-state index in [0.717, 1.165) is 40.7 Å². The quantitative estimate of drug-likeness (QED) is 0.429. The molecule has 1 unspecified atom stereocenters. The van der Waals surface area contributed by atoms with Crippen LogP contribution in [-0.2, 0) is 6.42 Å². The van der Waals surface area contributed by atoms with E-state index < -0.39 is 0 Å². The number of aromatic amines is 1. The number of H-pyrrole nitrogens is 1. The van der Waals surface area contributed by atoms with E-state index in [1.807, 2.05) is 24.3 Å². The predicted molar refractivity (Wildman–Crippen MR) is 125 cm³/mol. The van der Waals surface area contributed by atoms with Crippen LogP contribution < -0.4 is 16.1 Å². The summed E-state index contributed by atoms with van der Waals surface area (Å²) in [6, 6.07) is 16.4. The monoisotopic (exact) mass is 453 g/mol. The van der Waals surface area contributed by atoms with Crippen molar-refractivity contribution in [1.29, 1.82) is 0 Å². The van der Waals surface area contributed by atoms with Gasteiger partial charge in [-0.15, -0.1) is 0 Å². The highest BCUT2D eigenvalue weighted by molar-refractivity contribution is 9.10. The summed E-state index contributed by atoms with van der Waals surface area (Å²) in [7, 11) is 0. The van der Waals surface area contributed by atoms with Crippen LogP contribution in [0.5, 0.6) is 0 Å². The maximum Gasteiger partial charge on any atom is 0.191 e. The van der Waals surface area contributed by atoms with E-state index in [0.29, 0.717) is 6.04 Å². The summed E-state index contributed by atoms with van der Waals surface area (Å²) < 4.78 is 1.16. The largest absolute Gasteiger partial charge is 0.371 e. The second kappa shape index (κ2) is 9.59. The lowest BCUT2D eigenvalue weighted by Crippen LogP contribution is -2.26. The van der Waals surface area contributed by atoms with Crippen molar-refractivity contribution in [2.24, 2.45) is 0 Å². The number of fused-ring (bicyclic) bond motifs is 2. The Morgan fingerprint density at radius 2 is 1.93 bits per heavy atom. The molecular weight excluding hydrogens is 426 g/mol. The van der Waals surface area contributed by atoms with Crippen LogP contribution in [0.1, 0.15) is 49.3 Å². The van der Waals surface area contributed by atoms with Gasteiger partial charge in [0, 0.05) is 28.5 Å². The van der Waals surface area contributed by atoms with Gasteiger partial charge in [-0.1, -0.05) is 47.0 Å². The molecule has 29 heavy (non-hydrogen) atoms. The highest BCUT2D eigenvalue weighted by Crippen LogP contribution is 2.30. The number of aromatic nitrogens is 1. The van der Waals surface area contributed by atoms with Crippen LogP contribution in [0.3, 0.4) is 0 Å². The van der Waals surface area contributed by atoms with Crippen LogP contribution in [0.2, 0.25) is 0 Å². The molecule has 1 aromatic heterocycles. The van der Waals surface area contributed by atoms with Crippen LogP contribution in [0.15, 0.2) is 57.8 Å². The van der Waals surface area contributed by atoms with Crippen LogP contribution in [0, 0.1) is 0 Å². The Hall–Kier alpha value is -2.11. The predicted octanol–water partition coefficient (Wildman–Crippen LogP) is 5.54. The van der Waals surface area contributed by atoms with E-state index in [4.69, 9.17) is 0 Å².